The van der Waals surface area contributed by atoms with Gasteiger partial charge in [-0.2, -0.15) is 0 Å². The molecule has 2 rings (SSSR count). The third kappa shape index (κ3) is 2.02. The van der Waals surface area contributed by atoms with E-state index in [1.54, 1.807) is 7.11 Å². The highest BCUT2D eigenvalue weighted by atomic mass is 35.5. The Morgan fingerprint density at radius 1 is 1.56 bits per heavy atom. The molecule has 1 fully saturated rings. The molecule has 0 aromatic carbocycles. The normalized spacial score (nSPS) is 21.4. The first-order valence-corrected chi connectivity index (χ1v) is 5.92. The summed E-state index contributed by atoms with van der Waals surface area (Å²) in [6, 6.07) is 2.32. The van der Waals surface area contributed by atoms with Crippen LogP contribution in [0.15, 0.2) is 6.07 Å². The van der Waals surface area contributed by atoms with Gasteiger partial charge in [0.05, 0.1) is 7.11 Å². The van der Waals surface area contributed by atoms with Crippen molar-refractivity contribution in [1.82, 2.24) is 9.88 Å². The Labute approximate surface area is 101 Å². The van der Waals surface area contributed by atoms with Crippen LogP contribution < -0.4 is 4.74 Å². The molecule has 0 unspecified atom stereocenters. The van der Waals surface area contributed by atoms with Crippen LogP contribution in [0.2, 0.25) is 5.15 Å². The van der Waals surface area contributed by atoms with Gasteiger partial charge in [-0.25, -0.2) is 4.98 Å². The summed E-state index contributed by atoms with van der Waals surface area (Å²) >= 11 is 5.94. The molecule has 1 aliphatic rings. The molecule has 0 aliphatic carbocycles. The number of hydrogen-bond donors (Lipinski definition) is 0. The second-order valence-corrected chi connectivity index (χ2v) is 4.71. The van der Waals surface area contributed by atoms with Gasteiger partial charge >= 0.3 is 0 Å². The standard InChI is InChI=1S/C12H17ClN2O/c1-8-7-10(13)14-12(16-3)11(8)9-5-4-6-15(9)2/h7,9H,4-6H2,1-3H3/t9-/m0/s1. The lowest BCUT2D eigenvalue weighted by molar-refractivity contribution is 0.301. The van der Waals surface area contributed by atoms with E-state index in [0.717, 1.165) is 18.5 Å². The first-order chi connectivity index (χ1) is 7.63. The number of ether oxygens (including phenoxy) is 1. The van der Waals surface area contributed by atoms with Crippen LogP contribution in [-0.2, 0) is 0 Å². The fourth-order valence-electron chi connectivity index (χ4n) is 2.45. The lowest BCUT2D eigenvalue weighted by atomic mass is 10.0. The molecule has 1 saturated heterocycles. The van der Waals surface area contributed by atoms with Crippen molar-refractivity contribution in [1.29, 1.82) is 0 Å². The van der Waals surface area contributed by atoms with Crippen LogP contribution >= 0.6 is 11.6 Å². The number of pyridine rings is 1. The maximum atomic E-state index is 5.94. The Balaban J connectivity index is 2.46. The zero-order valence-electron chi connectivity index (χ0n) is 9.96. The number of hydrogen-bond acceptors (Lipinski definition) is 3. The van der Waals surface area contributed by atoms with Gasteiger partial charge in [-0.3, -0.25) is 4.90 Å². The second-order valence-electron chi connectivity index (χ2n) is 4.32. The highest BCUT2D eigenvalue weighted by Crippen LogP contribution is 2.37. The Hall–Kier alpha value is -0.800. The fraction of sp³-hybridized carbons (Fsp3) is 0.583. The molecule has 0 spiro atoms. The molecule has 0 saturated carbocycles. The topological polar surface area (TPSA) is 25.4 Å². The number of aromatic nitrogens is 1. The molecule has 0 radical (unpaired) electrons. The first-order valence-electron chi connectivity index (χ1n) is 5.54. The predicted molar refractivity (Wildman–Crippen MR) is 65.1 cm³/mol. The molecule has 1 aliphatic heterocycles. The smallest absolute Gasteiger partial charge is 0.219 e. The lowest BCUT2D eigenvalue weighted by Crippen LogP contribution is -2.19. The molecule has 1 aromatic rings. The van der Waals surface area contributed by atoms with Gasteiger partial charge in [0.25, 0.3) is 0 Å². The summed E-state index contributed by atoms with van der Waals surface area (Å²) in [6.45, 7) is 3.20. The van der Waals surface area contributed by atoms with Crippen molar-refractivity contribution in [3.8, 4) is 5.88 Å². The summed E-state index contributed by atoms with van der Waals surface area (Å²) in [5.74, 6) is 0.670. The number of halogens is 1. The van der Waals surface area contributed by atoms with Crippen molar-refractivity contribution in [2.24, 2.45) is 0 Å². The molecule has 0 N–H and O–H groups in total. The molecule has 1 atom stereocenters. The lowest BCUT2D eigenvalue weighted by Gasteiger charge is -2.23. The van der Waals surface area contributed by atoms with E-state index in [-0.39, 0.29) is 0 Å². The van der Waals surface area contributed by atoms with Crippen LogP contribution in [-0.4, -0.2) is 30.6 Å². The monoisotopic (exact) mass is 240 g/mol. The van der Waals surface area contributed by atoms with Gasteiger partial charge in [0.15, 0.2) is 0 Å². The van der Waals surface area contributed by atoms with Crippen molar-refractivity contribution < 1.29 is 4.74 Å². The van der Waals surface area contributed by atoms with Crippen LogP contribution in [0.4, 0.5) is 0 Å². The number of nitrogens with zero attached hydrogens (tertiary/aromatic N) is 2. The minimum absolute atomic E-state index is 0.416. The van der Waals surface area contributed by atoms with Gasteiger partial charge in [-0.05, 0) is 45.0 Å². The summed E-state index contributed by atoms with van der Waals surface area (Å²) in [5.41, 5.74) is 2.35. The zero-order valence-corrected chi connectivity index (χ0v) is 10.7. The minimum Gasteiger partial charge on any atom is -0.481 e. The number of rotatable bonds is 2. The van der Waals surface area contributed by atoms with E-state index in [9.17, 15) is 0 Å². The Kier molecular flexibility index (Phi) is 3.36. The Morgan fingerprint density at radius 3 is 2.88 bits per heavy atom. The minimum atomic E-state index is 0.416. The summed E-state index contributed by atoms with van der Waals surface area (Å²) in [7, 11) is 3.79. The van der Waals surface area contributed by atoms with Crippen LogP contribution in [0.5, 0.6) is 5.88 Å². The largest absolute Gasteiger partial charge is 0.481 e. The van der Waals surface area contributed by atoms with Gasteiger partial charge < -0.3 is 4.74 Å². The summed E-state index contributed by atoms with van der Waals surface area (Å²) in [4.78, 5) is 6.60. The third-order valence-electron chi connectivity index (χ3n) is 3.25. The van der Waals surface area contributed by atoms with E-state index in [1.165, 1.54) is 12.0 Å². The quantitative estimate of drug-likeness (QED) is 0.744. The average molecular weight is 241 g/mol. The molecular weight excluding hydrogens is 224 g/mol. The van der Waals surface area contributed by atoms with Gasteiger partial charge in [-0.1, -0.05) is 11.6 Å². The van der Waals surface area contributed by atoms with Crippen molar-refractivity contribution in [2.75, 3.05) is 20.7 Å². The van der Waals surface area contributed by atoms with Crippen LogP contribution in [0, 0.1) is 6.92 Å². The van der Waals surface area contributed by atoms with E-state index in [2.05, 4.69) is 23.9 Å². The van der Waals surface area contributed by atoms with Crippen LogP contribution in [0.25, 0.3) is 0 Å². The molecule has 16 heavy (non-hydrogen) atoms. The molecule has 3 nitrogen and oxygen atoms in total. The van der Waals surface area contributed by atoms with Gasteiger partial charge in [-0.15, -0.1) is 0 Å². The summed E-state index contributed by atoms with van der Waals surface area (Å²) in [5, 5.41) is 0.499. The number of aryl methyl sites for hydroxylation is 1. The van der Waals surface area contributed by atoms with E-state index in [4.69, 9.17) is 16.3 Å². The molecule has 4 heteroatoms. The van der Waals surface area contributed by atoms with E-state index in [1.807, 2.05) is 6.07 Å². The van der Waals surface area contributed by atoms with Crippen molar-refractivity contribution in [3.05, 3.63) is 22.3 Å². The van der Waals surface area contributed by atoms with Gasteiger partial charge in [0, 0.05) is 11.6 Å². The SMILES string of the molecule is COc1nc(Cl)cc(C)c1[C@@H]1CCCN1C. The molecule has 1 aromatic heterocycles. The maximum Gasteiger partial charge on any atom is 0.219 e. The average Bonchev–Trinajstić information content (AvgIpc) is 2.63. The van der Waals surface area contributed by atoms with Crippen LogP contribution in [0.3, 0.4) is 0 Å². The molecule has 0 amide bonds. The van der Waals surface area contributed by atoms with Crippen molar-refractivity contribution in [3.63, 3.8) is 0 Å². The van der Waals surface area contributed by atoms with E-state index < -0.39 is 0 Å². The van der Waals surface area contributed by atoms with Crippen molar-refractivity contribution >= 4 is 11.6 Å². The molecule has 88 valence electrons. The van der Waals surface area contributed by atoms with E-state index >= 15 is 0 Å². The number of likely N-dealkylation sites (tertiary alicyclic amines) is 1. The Morgan fingerprint density at radius 2 is 2.31 bits per heavy atom. The summed E-state index contributed by atoms with van der Waals surface area (Å²) in [6.07, 6.45) is 2.39. The van der Waals surface area contributed by atoms with Gasteiger partial charge in [0.2, 0.25) is 5.88 Å². The summed E-state index contributed by atoms with van der Waals surface area (Å²) < 4.78 is 5.35. The molecule has 0 bridgehead atoms. The zero-order chi connectivity index (χ0) is 11.7. The first kappa shape index (κ1) is 11.7. The highest BCUT2D eigenvalue weighted by molar-refractivity contribution is 6.29. The highest BCUT2D eigenvalue weighted by Gasteiger charge is 2.27. The fourth-order valence-corrected chi connectivity index (χ4v) is 2.69. The molecule has 2 heterocycles. The van der Waals surface area contributed by atoms with Gasteiger partial charge in [0.1, 0.15) is 5.15 Å². The number of methoxy groups -OCH3 is 1. The predicted octanol–water partition coefficient (Wildman–Crippen LogP) is 2.82. The van der Waals surface area contributed by atoms with Crippen molar-refractivity contribution in [2.45, 2.75) is 25.8 Å². The Bertz CT molecular complexity index is 395. The third-order valence-corrected chi connectivity index (χ3v) is 3.44. The van der Waals surface area contributed by atoms with E-state index in [0.29, 0.717) is 17.1 Å². The maximum absolute atomic E-state index is 5.94. The molecular formula is C12H17ClN2O. The second kappa shape index (κ2) is 4.60. The van der Waals surface area contributed by atoms with Crippen LogP contribution in [0.1, 0.15) is 30.0 Å².